The van der Waals surface area contributed by atoms with Gasteiger partial charge in [-0.2, -0.15) is 5.26 Å². The van der Waals surface area contributed by atoms with Crippen LogP contribution in [0.2, 0.25) is 5.02 Å². The van der Waals surface area contributed by atoms with E-state index in [4.69, 9.17) is 21.6 Å². The Labute approximate surface area is 218 Å². The molecule has 0 unspecified atom stereocenters. The number of carbonyl (C=O) groups excluding carboxylic acids is 1. The molecule has 0 saturated heterocycles. The Balaban J connectivity index is 1.51. The van der Waals surface area contributed by atoms with Gasteiger partial charge in [-0.1, -0.05) is 66.2 Å². The summed E-state index contributed by atoms with van der Waals surface area (Å²) in [5.74, 6) is 0.395. The van der Waals surface area contributed by atoms with E-state index in [1.54, 1.807) is 17.8 Å². The lowest BCUT2D eigenvalue weighted by Crippen LogP contribution is -2.14. The molecule has 0 bridgehead atoms. The maximum Gasteiger partial charge on any atom is 0.228 e. The zero-order valence-corrected chi connectivity index (χ0v) is 20.8. The molecule has 0 fully saturated rings. The van der Waals surface area contributed by atoms with Gasteiger partial charge in [0.05, 0.1) is 12.0 Å². The fourth-order valence-electron chi connectivity index (χ4n) is 3.48. The van der Waals surface area contributed by atoms with Gasteiger partial charge < -0.3 is 10.1 Å². The molecule has 0 aliphatic rings. The van der Waals surface area contributed by atoms with E-state index in [-0.39, 0.29) is 24.5 Å². The molecule has 0 aromatic heterocycles. The van der Waals surface area contributed by atoms with Gasteiger partial charge in [-0.25, -0.2) is 4.39 Å². The Morgan fingerprint density at radius 3 is 2.53 bits per heavy atom. The third kappa shape index (κ3) is 6.88. The zero-order chi connectivity index (χ0) is 25.3. The molecule has 1 N–H and O–H groups in total. The number of amides is 1. The SMILES string of the molecule is N#Cc1cc(OCc2ccc(NC(=O)Cc3ccccc3Cl)cc2SCc2ccccc2)ccc1F. The monoisotopic (exact) mass is 516 g/mol. The van der Waals surface area contributed by atoms with Crippen molar-refractivity contribution in [1.29, 1.82) is 5.26 Å². The summed E-state index contributed by atoms with van der Waals surface area (Å²) in [5.41, 5.74) is 3.43. The molecule has 180 valence electrons. The quantitative estimate of drug-likeness (QED) is 0.235. The molecule has 0 heterocycles. The van der Waals surface area contributed by atoms with Gasteiger partial charge in [-0.15, -0.1) is 11.8 Å². The lowest BCUT2D eigenvalue weighted by atomic mass is 10.1. The molecule has 0 saturated carbocycles. The second-order valence-corrected chi connectivity index (χ2v) is 9.38. The van der Waals surface area contributed by atoms with Crippen LogP contribution in [-0.4, -0.2) is 5.91 Å². The highest BCUT2D eigenvalue weighted by Gasteiger charge is 2.12. The van der Waals surface area contributed by atoms with Crippen molar-refractivity contribution in [3.05, 3.63) is 124 Å². The number of ether oxygens (including phenoxy) is 1. The van der Waals surface area contributed by atoms with Crippen molar-refractivity contribution in [3.63, 3.8) is 0 Å². The highest BCUT2D eigenvalue weighted by molar-refractivity contribution is 7.98. The first-order chi connectivity index (χ1) is 17.5. The Hall–Kier alpha value is -3.79. The molecule has 7 heteroatoms. The van der Waals surface area contributed by atoms with Crippen LogP contribution < -0.4 is 10.1 Å². The van der Waals surface area contributed by atoms with Gasteiger partial charge in [-0.3, -0.25) is 4.79 Å². The van der Waals surface area contributed by atoms with Gasteiger partial charge in [0.15, 0.2) is 0 Å². The Morgan fingerprint density at radius 1 is 0.972 bits per heavy atom. The standard InChI is InChI=1S/C29H22ClFN2O2S/c30-26-9-5-4-8-21(26)15-29(34)33-24-11-10-22(18-35-25-12-13-27(31)23(14-25)17-32)28(16-24)36-19-20-6-2-1-3-7-20/h1-14,16H,15,18-19H2,(H,33,34). The van der Waals surface area contributed by atoms with E-state index in [9.17, 15) is 9.18 Å². The Morgan fingerprint density at radius 2 is 1.75 bits per heavy atom. The van der Waals surface area contributed by atoms with Crippen LogP contribution in [0.15, 0.2) is 95.9 Å². The molecule has 4 rings (SSSR count). The Kier molecular flexibility index (Phi) is 8.62. The van der Waals surface area contributed by atoms with Gasteiger partial charge in [-0.05, 0) is 41.5 Å². The molecule has 0 aliphatic carbocycles. The molecule has 0 atom stereocenters. The Bertz CT molecular complexity index is 1410. The predicted octanol–water partition coefficient (Wildman–Crippen LogP) is 7.40. The van der Waals surface area contributed by atoms with E-state index in [0.717, 1.165) is 21.8 Å². The molecular weight excluding hydrogens is 495 g/mol. The number of rotatable bonds is 9. The van der Waals surface area contributed by atoms with Crippen molar-refractivity contribution in [1.82, 2.24) is 0 Å². The lowest BCUT2D eigenvalue weighted by Gasteiger charge is -2.14. The summed E-state index contributed by atoms with van der Waals surface area (Å²) in [6, 6.07) is 28.9. The predicted molar refractivity (Wildman–Crippen MR) is 142 cm³/mol. The average molecular weight is 517 g/mol. The molecule has 1 amide bonds. The van der Waals surface area contributed by atoms with Gasteiger partial charge >= 0.3 is 0 Å². The van der Waals surface area contributed by atoms with E-state index in [0.29, 0.717) is 16.5 Å². The molecule has 0 radical (unpaired) electrons. The van der Waals surface area contributed by atoms with Gasteiger partial charge in [0, 0.05) is 33.0 Å². The van der Waals surface area contributed by atoms with Crippen molar-refractivity contribution >= 4 is 35.0 Å². The molecule has 0 aliphatic heterocycles. The van der Waals surface area contributed by atoms with E-state index >= 15 is 0 Å². The molecule has 4 aromatic rings. The summed E-state index contributed by atoms with van der Waals surface area (Å²) in [7, 11) is 0. The number of nitrogens with zero attached hydrogens (tertiary/aromatic N) is 1. The van der Waals surface area contributed by atoms with Crippen LogP contribution in [0.4, 0.5) is 10.1 Å². The number of benzene rings is 4. The summed E-state index contributed by atoms with van der Waals surface area (Å²) < 4.78 is 19.5. The summed E-state index contributed by atoms with van der Waals surface area (Å²) in [6.07, 6.45) is 0.169. The topological polar surface area (TPSA) is 62.1 Å². The van der Waals surface area contributed by atoms with Crippen molar-refractivity contribution in [2.24, 2.45) is 0 Å². The number of thioether (sulfide) groups is 1. The van der Waals surface area contributed by atoms with Crippen molar-refractivity contribution < 1.29 is 13.9 Å². The van der Waals surface area contributed by atoms with Crippen molar-refractivity contribution in [2.45, 2.75) is 23.7 Å². The second-order valence-electron chi connectivity index (χ2n) is 7.96. The second kappa shape index (κ2) is 12.3. The number of anilines is 1. The fraction of sp³-hybridized carbons (Fsp3) is 0.103. The first kappa shape index (κ1) is 25.3. The zero-order valence-electron chi connectivity index (χ0n) is 19.2. The van der Waals surface area contributed by atoms with E-state index in [1.807, 2.05) is 60.7 Å². The molecule has 4 nitrogen and oxygen atoms in total. The van der Waals surface area contributed by atoms with Crippen LogP contribution in [0.5, 0.6) is 5.75 Å². The fourth-order valence-corrected chi connectivity index (χ4v) is 4.72. The van der Waals surface area contributed by atoms with Gasteiger partial charge in [0.1, 0.15) is 24.2 Å². The van der Waals surface area contributed by atoms with Crippen LogP contribution in [0.1, 0.15) is 22.3 Å². The molecular formula is C29H22ClFN2O2S. The minimum absolute atomic E-state index is 0.0669. The van der Waals surface area contributed by atoms with Crippen LogP contribution in [0.25, 0.3) is 0 Å². The highest BCUT2D eigenvalue weighted by atomic mass is 35.5. The summed E-state index contributed by atoms with van der Waals surface area (Å²) in [5, 5.41) is 12.6. The third-order valence-corrected chi connectivity index (χ3v) is 6.89. The number of hydrogen-bond donors (Lipinski definition) is 1. The van der Waals surface area contributed by atoms with Gasteiger partial charge in [0.2, 0.25) is 5.91 Å². The van der Waals surface area contributed by atoms with Crippen LogP contribution in [0, 0.1) is 17.1 Å². The third-order valence-electron chi connectivity index (χ3n) is 5.35. The number of hydrogen-bond acceptors (Lipinski definition) is 4. The van der Waals surface area contributed by atoms with Crippen molar-refractivity contribution in [3.8, 4) is 11.8 Å². The van der Waals surface area contributed by atoms with Crippen LogP contribution in [0.3, 0.4) is 0 Å². The van der Waals surface area contributed by atoms with Crippen LogP contribution >= 0.6 is 23.4 Å². The number of carbonyl (C=O) groups is 1. The maximum absolute atomic E-state index is 13.6. The number of nitriles is 1. The molecule has 0 spiro atoms. The van der Waals surface area contributed by atoms with E-state index in [1.165, 1.54) is 23.8 Å². The minimum atomic E-state index is -0.583. The summed E-state index contributed by atoms with van der Waals surface area (Å²) in [6.45, 7) is 0.224. The van der Waals surface area contributed by atoms with E-state index in [2.05, 4.69) is 17.4 Å². The number of nitrogens with one attached hydrogen (secondary N) is 1. The largest absolute Gasteiger partial charge is 0.489 e. The number of halogens is 2. The first-order valence-corrected chi connectivity index (χ1v) is 12.5. The van der Waals surface area contributed by atoms with Gasteiger partial charge in [0.25, 0.3) is 0 Å². The van der Waals surface area contributed by atoms with Crippen LogP contribution in [-0.2, 0) is 23.6 Å². The first-order valence-electron chi connectivity index (χ1n) is 11.2. The smallest absolute Gasteiger partial charge is 0.228 e. The lowest BCUT2D eigenvalue weighted by molar-refractivity contribution is -0.115. The van der Waals surface area contributed by atoms with E-state index < -0.39 is 5.82 Å². The average Bonchev–Trinajstić information content (AvgIpc) is 2.89. The molecule has 36 heavy (non-hydrogen) atoms. The van der Waals surface area contributed by atoms with Crippen molar-refractivity contribution in [2.75, 3.05) is 5.32 Å². The minimum Gasteiger partial charge on any atom is -0.489 e. The summed E-state index contributed by atoms with van der Waals surface area (Å²) in [4.78, 5) is 13.6. The summed E-state index contributed by atoms with van der Waals surface area (Å²) >= 11 is 7.82. The normalized spacial score (nSPS) is 10.5. The molecule has 4 aromatic carbocycles. The maximum atomic E-state index is 13.6. The highest BCUT2D eigenvalue weighted by Crippen LogP contribution is 2.30.